The predicted molar refractivity (Wildman–Crippen MR) is 81.3 cm³/mol. The van der Waals surface area contributed by atoms with Gasteiger partial charge in [-0.1, -0.05) is 15.9 Å². The summed E-state index contributed by atoms with van der Waals surface area (Å²) in [6.07, 6.45) is 2.24. The Morgan fingerprint density at radius 2 is 2.05 bits per heavy atom. The Morgan fingerprint density at radius 3 is 2.55 bits per heavy atom. The summed E-state index contributed by atoms with van der Waals surface area (Å²) in [6.45, 7) is 4.23. The molecule has 1 atom stereocenters. The topological polar surface area (TPSA) is 63.4 Å². The molecule has 1 saturated carbocycles. The van der Waals surface area contributed by atoms with E-state index in [-0.39, 0.29) is 5.91 Å². The molecule has 0 aromatic heterocycles. The highest BCUT2D eigenvalue weighted by Crippen LogP contribution is 2.31. The van der Waals surface area contributed by atoms with Gasteiger partial charge in [0.15, 0.2) is 0 Å². The minimum Gasteiger partial charge on any atom is -0.368 e. The third kappa shape index (κ3) is 3.60. The molecule has 2 rings (SSSR count). The Morgan fingerprint density at radius 1 is 1.40 bits per heavy atom. The Balaban J connectivity index is 2.26. The zero-order valence-corrected chi connectivity index (χ0v) is 13.3. The van der Waals surface area contributed by atoms with Crippen molar-refractivity contribution in [2.75, 3.05) is 6.54 Å². The van der Waals surface area contributed by atoms with Crippen molar-refractivity contribution < 1.29 is 9.59 Å². The van der Waals surface area contributed by atoms with E-state index in [1.165, 1.54) is 0 Å². The minimum atomic E-state index is -0.581. The first-order valence-corrected chi connectivity index (χ1v) is 7.55. The number of halogens is 1. The number of benzene rings is 1. The standard InChI is InChI=1S/C15H19BrN2O2/c1-9-5-12(7-13(16)6-9)15(20)18(8-11-3-4-11)10(2)14(17)19/h5-7,10-11H,3-4,8H2,1-2H3,(H2,17,19). The Bertz CT molecular complexity index is 520. The van der Waals surface area contributed by atoms with Crippen LogP contribution in [0.1, 0.15) is 35.7 Å². The fraction of sp³-hybridized carbons (Fsp3) is 0.467. The van der Waals surface area contributed by atoms with Gasteiger partial charge >= 0.3 is 0 Å². The van der Waals surface area contributed by atoms with Gasteiger partial charge in [-0.3, -0.25) is 9.59 Å². The highest BCUT2D eigenvalue weighted by atomic mass is 79.9. The van der Waals surface area contributed by atoms with E-state index < -0.39 is 11.9 Å². The summed E-state index contributed by atoms with van der Waals surface area (Å²) in [5.41, 5.74) is 6.96. The summed E-state index contributed by atoms with van der Waals surface area (Å²) in [5, 5.41) is 0. The molecule has 1 fully saturated rings. The van der Waals surface area contributed by atoms with Gasteiger partial charge in [0, 0.05) is 16.6 Å². The van der Waals surface area contributed by atoms with E-state index in [0.717, 1.165) is 22.9 Å². The summed E-state index contributed by atoms with van der Waals surface area (Å²) < 4.78 is 0.860. The van der Waals surface area contributed by atoms with Crippen molar-refractivity contribution in [2.24, 2.45) is 11.7 Å². The maximum Gasteiger partial charge on any atom is 0.254 e. The van der Waals surface area contributed by atoms with Crippen molar-refractivity contribution >= 4 is 27.7 Å². The lowest BCUT2D eigenvalue weighted by molar-refractivity contribution is -0.122. The van der Waals surface area contributed by atoms with E-state index >= 15 is 0 Å². The molecule has 20 heavy (non-hydrogen) atoms. The van der Waals surface area contributed by atoms with Crippen LogP contribution in [0.25, 0.3) is 0 Å². The predicted octanol–water partition coefficient (Wildman–Crippen LogP) is 2.48. The van der Waals surface area contributed by atoms with Crippen molar-refractivity contribution in [3.8, 4) is 0 Å². The van der Waals surface area contributed by atoms with Gasteiger partial charge in [0.05, 0.1) is 0 Å². The maximum absolute atomic E-state index is 12.7. The average molecular weight is 339 g/mol. The SMILES string of the molecule is Cc1cc(Br)cc(C(=O)N(CC2CC2)C(C)C(N)=O)c1. The fourth-order valence-corrected chi connectivity index (χ4v) is 2.78. The van der Waals surface area contributed by atoms with Crippen LogP contribution in [0.15, 0.2) is 22.7 Å². The lowest BCUT2D eigenvalue weighted by Crippen LogP contribution is -2.47. The minimum absolute atomic E-state index is 0.132. The van der Waals surface area contributed by atoms with Crippen molar-refractivity contribution in [2.45, 2.75) is 32.7 Å². The number of nitrogens with two attached hydrogens (primary N) is 1. The summed E-state index contributed by atoms with van der Waals surface area (Å²) >= 11 is 3.40. The first kappa shape index (κ1) is 15.0. The van der Waals surface area contributed by atoms with E-state index in [0.29, 0.717) is 18.0 Å². The molecule has 0 bridgehead atoms. The first-order chi connectivity index (χ1) is 9.38. The molecule has 1 unspecified atom stereocenters. The van der Waals surface area contributed by atoms with E-state index in [1.54, 1.807) is 17.9 Å². The molecule has 108 valence electrons. The van der Waals surface area contributed by atoms with Crippen LogP contribution in [0.3, 0.4) is 0 Å². The molecule has 5 heteroatoms. The van der Waals surface area contributed by atoms with Crippen LogP contribution in [0.5, 0.6) is 0 Å². The average Bonchev–Trinajstić information content (AvgIpc) is 3.17. The molecule has 0 spiro atoms. The molecule has 0 aliphatic heterocycles. The number of hydrogen-bond donors (Lipinski definition) is 1. The van der Waals surface area contributed by atoms with Crippen LogP contribution in [-0.2, 0) is 4.79 Å². The number of hydrogen-bond acceptors (Lipinski definition) is 2. The van der Waals surface area contributed by atoms with Crippen LogP contribution in [0.2, 0.25) is 0 Å². The quantitative estimate of drug-likeness (QED) is 0.896. The summed E-state index contributed by atoms with van der Waals surface area (Å²) in [5.74, 6) is -0.0904. The number of carbonyl (C=O) groups is 2. The zero-order valence-electron chi connectivity index (χ0n) is 11.7. The van der Waals surface area contributed by atoms with Crippen LogP contribution >= 0.6 is 15.9 Å². The lowest BCUT2D eigenvalue weighted by atomic mass is 10.1. The molecule has 0 heterocycles. The van der Waals surface area contributed by atoms with E-state index in [2.05, 4.69) is 15.9 Å². The number of primary amides is 1. The summed E-state index contributed by atoms with van der Waals surface area (Å²) in [6, 6.07) is 4.98. The summed E-state index contributed by atoms with van der Waals surface area (Å²) in [4.78, 5) is 25.7. The van der Waals surface area contributed by atoms with E-state index in [4.69, 9.17) is 5.73 Å². The molecule has 1 aliphatic carbocycles. The van der Waals surface area contributed by atoms with Crippen LogP contribution in [0.4, 0.5) is 0 Å². The zero-order chi connectivity index (χ0) is 14.9. The van der Waals surface area contributed by atoms with Gasteiger partial charge in [0.25, 0.3) is 5.91 Å². The number of aryl methyl sites for hydroxylation is 1. The molecule has 0 saturated heterocycles. The molecule has 0 radical (unpaired) electrons. The molecular formula is C15H19BrN2O2. The monoisotopic (exact) mass is 338 g/mol. The number of carbonyl (C=O) groups excluding carboxylic acids is 2. The largest absolute Gasteiger partial charge is 0.368 e. The van der Waals surface area contributed by atoms with Gasteiger partial charge in [-0.2, -0.15) is 0 Å². The second-order valence-electron chi connectivity index (χ2n) is 5.50. The molecule has 1 aromatic carbocycles. The third-order valence-corrected chi connectivity index (χ3v) is 4.04. The van der Waals surface area contributed by atoms with Crippen molar-refractivity contribution in [1.29, 1.82) is 0 Å². The third-order valence-electron chi connectivity index (χ3n) is 3.58. The first-order valence-electron chi connectivity index (χ1n) is 6.76. The Kier molecular flexibility index (Phi) is 4.48. The smallest absolute Gasteiger partial charge is 0.254 e. The maximum atomic E-state index is 12.7. The Hall–Kier alpha value is -1.36. The van der Waals surface area contributed by atoms with Gasteiger partial charge in [-0.05, 0) is 56.4 Å². The van der Waals surface area contributed by atoms with Crippen molar-refractivity contribution in [3.63, 3.8) is 0 Å². The van der Waals surface area contributed by atoms with E-state index in [1.807, 2.05) is 19.1 Å². The highest BCUT2D eigenvalue weighted by molar-refractivity contribution is 9.10. The second-order valence-corrected chi connectivity index (χ2v) is 6.41. The highest BCUT2D eigenvalue weighted by Gasteiger charge is 2.32. The summed E-state index contributed by atoms with van der Waals surface area (Å²) in [7, 11) is 0. The number of nitrogens with zero attached hydrogens (tertiary/aromatic N) is 1. The van der Waals surface area contributed by atoms with E-state index in [9.17, 15) is 9.59 Å². The van der Waals surface area contributed by atoms with Crippen LogP contribution in [0, 0.1) is 12.8 Å². The molecule has 1 aliphatic rings. The van der Waals surface area contributed by atoms with Gasteiger partial charge in [-0.15, -0.1) is 0 Å². The fourth-order valence-electron chi connectivity index (χ4n) is 2.17. The molecule has 2 amide bonds. The molecule has 2 N–H and O–H groups in total. The van der Waals surface area contributed by atoms with Gasteiger partial charge in [0.1, 0.15) is 6.04 Å². The Labute approximate surface area is 127 Å². The lowest BCUT2D eigenvalue weighted by Gasteiger charge is -2.27. The van der Waals surface area contributed by atoms with Gasteiger partial charge in [0.2, 0.25) is 5.91 Å². The second kappa shape index (κ2) is 5.95. The van der Waals surface area contributed by atoms with Gasteiger partial charge < -0.3 is 10.6 Å². The van der Waals surface area contributed by atoms with Crippen LogP contribution in [-0.4, -0.2) is 29.3 Å². The number of rotatable bonds is 5. The molecular weight excluding hydrogens is 320 g/mol. The van der Waals surface area contributed by atoms with Crippen molar-refractivity contribution in [3.05, 3.63) is 33.8 Å². The normalized spacial score (nSPS) is 15.8. The molecule has 1 aromatic rings. The van der Waals surface area contributed by atoms with Crippen LogP contribution < -0.4 is 5.73 Å². The van der Waals surface area contributed by atoms with Gasteiger partial charge in [-0.25, -0.2) is 0 Å². The van der Waals surface area contributed by atoms with Crippen molar-refractivity contribution in [1.82, 2.24) is 4.90 Å². The number of amides is 2. The molecule has 4 nitrogen and oxygen atoms in total.